The molecule has 0 aromatic carbocycles. The van der Waals surface area contributed by atoms with Crippen molar-refractivity contribution >= 4 is 23.7 Å². The topological polar surface area (TPSA) is 139 Å². The van der Waals surface area contributed by atoms with Crippen LogP contribution < -0.4 is 16.4 Å². The van der Waals surface area contributed by atoms with Gasteiger partial charge in [-0.15, -0.1) is 0 Å². The molecule has 0 aromatic heterocycles. The van der Waals surface area contributed by atoms with Gasteiger partial charge in [0.1, 0.15) is 6.04 Å². The van der Waals surface area contributed by atoms with Crippen LogP contribution in [-0.2, 0) is 19.2 Å². The molecule has 0 aliphatic carbocycles. The summed E-state index contributed by atoms with van der Waals surface area (Å²) in [6.45, 7) is 1.96. The van der Waals surface area contributed by atoms with Crippen molar-refractivity contribution in [3.05, 3.63) is 0 Å². The van der Waals surface area contributed by atoms with Crippen molar-refractivity contribution in [2.24, 2.45) is 5.73 Å². The fraction of sp³-hybridized carbons (Fsp3) is 0.826. The van der Waals surface area contributed by atoms with E-state index >= 15 is 0 Å². The third kappa shape index (κ3) is 19.6. The normalized spacial score (nSPS) is 11.6. The first-order chi connectivity index (χ1) is 14.9. The van der Waals surface area contributed by atoms with Crippen LogP contribution >= 0.6 is 0 Å². The number of nitrogens with one attached hydrogen (secondary N) is 2. The molecule has 180 valence electrons. The fourth-order valence-corrected chi connectivity index (χ4v) is 3.36. The number of carboxylic acid groups (broad SMARTS) is 1. The molecule has 0 radical (unpaired) electrons. The average molecular weight is 442 g/mol. The lowest BCUT2D eigenvalue weighted by atomic mass is 10.0. The van der Waals surface area contributed by atoms with Crippen molar-refractivity contribution in [1.29, 1.82) is 0 Å². The van der Waals surface area contributed by atoms with E-state index in [1.54, 1.807) is 0 Å². The Morgan fingerprint density at radius 1 is 0.742 bits per heavy atom. The van der Waals surface area contributed by atoms with Gasteiger partial charge in [-0.1, -0.05) is 84.0 Å². The number of hydrogen-bond acceptors (Lipinski definition) is 4. The molecule has 31 heavy (non-hydrogen) atoms. The zero-order valence-electron chi connectivity index (χ0n) is 19.3. The lowest BCUT2D eigenvalue weighted by Gasteiger charge is -2.14. The number of aliphatic carboxylic acids is 1. The SMILES string of the molecule is CCCCCCCCCCCCCCCC(=O)NCC(=O)N[C@@H](CCC(N)=O)C(=O)O. The summed E-state index contributed by atoms with van der Waals surface area (Å²) in [5.74, 6) is -2.70. The zero-order chi connectivity index (χ0) is 23.3. The van der Waals surface area contributed by atoms with Gasteiger partial charge in [0.25, 0.3) is 0 Å². The van der Waals surface area contributed by atoms with Gasteiger partial charge in [-0.3, -0.25) is 14.4 Å². The van der Waals surface area contributed by atoms with E-state index < -0.39 is 23.8 Å². The molecule has 0 spiro atoms. The van der Waals surface area contributed by atoms with Crippen LogP contribution in [-0.4, -0.2) is 41.4 Å². The predicted molar refractivity (Wildman–Crippen MR) is 121 cm³/mol. The Labute approximate surface area is 187 Å². The first kappa shape index (κ1) is 28.9. The molecular weight excluding hydrogens is 398 g/mol. The third-order valence-electron chi connectivity index (χ3n) is 5.27. The van der Waals surface area contributed by atoms with Crippen LogP contribution in [0.2, 0.25) is 0 Å². The quantitative estimate of drug-likeness (QED) is 0.202. The fourth-order valence-electron chi connectivity index (χ4n) is 3.36. The van der Waals surface area contributed by atoms with E-state index in [0.29, 0.717) is 6.42 Å². The van der Waals surface area contributed by atoms with E-state index in [1.165, 1.54) is 64.2 Å². The minimum atomic E-state index is -1.24. The van der Waals surface area contributed by atoms with Crippen LogP contribution in [0.25, 0.3) is 0 Å². The van der Waals surface area contributed by atoms with Crippen LogP contribution in [0.4, 0.5) is 0 Å². The van der Waals surface area contributed by atoms with Crippen molar-refractivity contribution in [1.82, 2.24) is 10.6 Å². The van der Waals surface area contributed by atoms with E-state index in [0.717, 1.165) is 19.3 Å². The highest BCUT2D eigenvalue weighted by molar-refractivity contribution is 5.88. The van der Waals surface area contributed by atoms with E-state index in [4.69, 9.17) is 10.8 Å². The molecule has 0 rings (SSSR count). The predicted octanol–water partition coefficient (Wildman–Crippen LogP) is 3.42. The highest BCUT2D eigenvalue weighted by Gasteiger charge is 2.20. The molecule has 0 saturated carbocycles. The maximum Gasteiger partial charge on any atom is 0.326 e. The molecule has 0 fully saturated rings. The molecule has 0 heterocycles. The van der Waals surface area contributed by atoms with Gasteiger partial charge in [0.2, 0.25) is 17.7 Å². The summed E-state index contributed by atoms with van der Waals surface area (Å²) in [4.78, 5) is 45.4. The average Bonchev–Trinajstić information content (AvgIpc) is 2.72. The van der Waals surface area contributed by atoms with Gasteiger partial charge in [-0.05, 0) is 12.8 Å². The summed E-state index contributed by atoms with van der Waals surface area (Å²) in [5.41, 5.74) is 4.99. The number of primary amides is 1. The van der Waals surface area contributed by atoms with Crippen LogP contribution in [0, 0.1) is 0 Å². The lowest BCUT2D eigenvalue weighted by molar-refractivity contribution is -0.142. The second-order valence-electron chi connectivity index (χ2n) is 8.23. The number of hydrogen-bond donors (Lipinski definition) is 4. The van der Waals surface area contributed by atoms with E-state index in [1.807, 2.05) is 0 Å². The second kappa shape index (κ2) is 19.8. The number of unbranched alkanes of at least 4 members (excludes halogenated alkanes) is 12. The molecule has 0 aromatic rings. The number of carbonyl (C=O) groups is 4. The Kier molecular flexibility index (Phi) is 18.5. The van der Waals surface area contributed by atoms with Crippen LogP contribution in [0.1, 0.15) is 110 Å². The number of carbonyl (C=O) groups excluding carboxylic acids is 3. The molecule has 0 bridgehead atoms. The first-order valence-corrected chi connectivity index (χ1v) is 11.9. The Balaban J connectivity index is 3.61. The molecular formula is C23H43N3O5. The summed E-state index contributed by atoms with van der Waals surface area (Å²) in [6.07, 6.45) is 16.2. The third-order valence-corrected chi connectivity index (χ3v) is 5.27. The minimum Gasteiger partial charge on any atom is -0.480 e. The molecule has 8 nitrogen and oxygen atoms in total. The summed E-state index contributed by atoms with van der Waals surface area (Å²) >= 11 is 0. The summed E-state index contributed by atoms with van der Waals surface area (Å²) in [5, 5.41) is 13.8. The molecule has 3 amide bonds. The molecule has 0 saturated heterocycles. The minimum absolute atomic E-state index is 0.0800. The van der Waals surface area contributed by atoms with E-state index in [2.05, 4.69) is 17.6 Å². The summed E-state index contributed by atoms with van der Waals surface area (Å²) in [7, 11) is 0. The van der Waals surface area contributed by atoms with Crippen molar-refractivity contribution in [2.75, 3.05) is 6.54 Å². The Bertz CT molecular complexity index is 525. The molecule has 0 aliphatic heterocycles. The maximum absolute atomic E-state index is 11.8. The molecule has 5 N–H and O–H groups in total. The monoisotopic (exact) mass is 441 g/mol. The Hall–Kier alpha value is -2.12. The lowest BCUT2D eigenvalue weighted by Crippen LogP contribution is -2.45. The maximum atomic E-state index is 11.8. The smallest absolute Gasteiger partial charge is 0.326 e. The van der Waals surface area contributed by atoms with Crippen molar-refractivity contribution in [3.8, 4) is 0 Å². The molecule has 0 unspecified atom stereocenters. The number of carboxylic acids is 1. The zero-order valence-corrected chi connectivity index (χ0v) is 19.3. The number of rotatable bonds is 21. The highest BCUT2D eigenvalue weighted by Crippen LogP contribution is 2.12. The van der Waals surface area contributed by atoms with Gasteiger partial charge < -0.3 is 21.5 Å². The molecule has 0 aliphatic rings. The van der Waals surface area contributed by atoms with Crippen molar-refractivity contribution in [3.63, 3.8) is 0 Å². The van der Waals surface area contributed by atoms with Gasteiger partial charge >= 0.3 is 5.97 Å². The van der Waals surface area contributed by atoms with E-state index in [-0.39, 0.29) is 25.3 Å². The number of nitrogens with two attached hydrogens (primary N) is 1. The van der Waals surface area contributed by atoms with Gasteiger partial charge in [0.05, 0.1) is 6.54 Å². The van der Waals surface area contributed by atoms with Gasteiger partial charge in [-0.2, -0.15) is 0 Å². The highest BCUT2D eigenvalue weighted by atomic mass is 16.4. The Morgan fingerprint density at radius 3 is 1.68 bits per heavy atom. The standard InChI is InChI=1S/C23H43N3O5/c1-2-3-4-5-6-7-8-9-10-11-12-13-14-15-21(28)25-18-22(29)26-19(23(30)31)16-17-20(24)27/h19H,2-18H2,1H3,(H2,24,27)(H,25,28)(H,26,29)(H,30,31)/t19-/m0/s1. The van der Waals surface area contributed by atoms with Gasteiger partial charge in [-0.25, -0.2) is 4.79 Å². The summed E-state index contributed by atoms with van der Waals surface area (Å²) in [6, 6.07) is -1.20. The van der Waals surface area contributed by atoms with Crippen LogP contribution in [0.5, 0.6) is 0 Å². The number of amides is 3. The van der Waals surface area contributed by atoms with Crippen LogP contribution in [0.15, 0.2) is 0 Å². The summed E-state index contributed by atoms with van der Waals surface area (Å²) < 4.78 is 0. The Morgan fingerprint density at radius 2 is 1.23 bits per heavy atom. The first-order valence-electron chi connectivity index (χ1n) is 11.9. The van der Waals surface area contributed by atoms with Crippen molar-refractivity contribution in [2.45, 2.75) is 116 Å². The van der Waals surface area contributed by atoms with Gasteiger partial charge in [0.15, 0.2) is 0 Å². The largest absolute Gasteiger partial charge is 0.480 e. The van der Waals surface area contributed by atoms with E-state index in [9.17, 15) is 19.2 Å². The van der Waals surface area contributed by atoms with Gasteiger partial charge in [0, 0.05) is 12.8 Å². The van der Waals surface area contributed by atoms with Crippen molar-refractivity contribution < 1.29 is 24.3 Å². The van der Waals surface area contributed by atoms with Crippen LogP contribution in [0.3, 0.4) is 0 Å². The second-order valence-corrected chi connectivity index (χ2v) is 8.23. The molecule has 8 heteroatoms. The molecule has 1 atom stereocenters.